The van der Waals surface area contributed by atoms with Crippen molar-refractivity contribution in [1.29, 1.82) is 0 Å². The van der Waals surface area contributed by atoms with Gasteiger partial charge >= 0.3 is 5.97 Å². The monoisotopic (exact) mass is 242 g/mol. The molecule has 0 unspecified atom stereocenters. The zero-order valence-electron chi connectivity index (χ0n) is 9.93. The smallest absolute Gasteiger partial charge is 0.313 e. The van der Waals surface area contributed by atoms with Crippen LogP contribution < -0.4 is 0 Å². The molecular formula is C11H18N2O2S. The summed E-state index contributed by atoms with van der Waals surface area (Å²) in [5, 5.41) is 14.1. The number of carboxylic acids is 1. The van der Waals surface area contributed by atoms with Crippen LogP contribution in [0, 0.1) is 0 Å². The number of rotatable bonds is 6. The molecule has 0 aliphatic rings. The molecule has 1 rings (SSSR count). The van der Waals surface area contributed by atoms with Gasteiger partial charge in [-0.2, -0.15) is 5.10 Å². The maximum absolute atomic E-state index is 10.5. The summed E-state index contributed by atoms with van der Waals surface area (Å²) in [5.74, 6) is -0.324. The van der Waals surface area contributed by atoms with Crippen molar-refractivity contribution in [3.63, 3.8) is 0 Å². The summed E-state index contributed by atoms with van der Waals surface area (Å²) in [5.41, 5.74) is 1.03. The van der Waals surface area contributed by atoms with E-state index in [1.807, 2.05) is 10.7 Å². The molecule has 0 radical (unpaired) electrons. The average Bonchev–Trinajstić information content (AvgIpc) is 2.59. The molecule has 0 amide bonds. The summed E-state index contributed by atoms with van der Waals surface area (Å²) in [6, 6.07) is 1.99. The van der Waals surface area contributed by atoms with Gasteiger partial charge in [0.05, 0.1) is 16.5 Å². The second-order valence-electron chi connectivity index (χ2n) is 3.97. The molecular weight excluding hydrogens is 224 g/mol. The first-order chi connectivity index (χ1) is 7.54. The zero-order valence-corrected chi connectivity index (χ0v) is 10.8. The maximum Gasteiger partial charge on any atom is 0.313 e. The van der Waals surface area contributed by atoms with Gasteiger partial charge in [0, 0.05) is 6.54 Å². The average molecular weight is 242 g/mol. The molecule has 0 aliphatic carbocycles. The summed E-state index contributed by atoms with van der Waals surface area (Å²) in [6.45, 7) is 7.10. The Morgan fingerprint density at radius 3 is 2.81 bits per heavy atom. The van der Waals surface area contributed by atoms with Crippen LogP contribution in [0.1, 0.15) is 38.8 Å². The molecule has 0 bridgehead atoms. The van der Waals surface area contributed by atoms with Crippen molar-refractivity contribution in [3.05, 3.63) is 11.8 Å². The number of aryl methyl sites for hydroxylation is 1. The van der Waals surface area contributed by atoms with Crippen LogP contribution in [-0.2, 0) is 11.3 Å². The van der Waals surface area contributed by atoms with E-state index in [0.29, 0.717) is 5.92 Å². The van der Waals surface area contributed by atoms with E-state index >= 15 is 0 Å². The Balaban J connectivity index is 2.82. The molecule has 0 saturated heterocycles. The van der Waals surface area contributed by atoms with Crippen LogP contribution in [-0.4, -0.2) is 26.6 Å². The minimum Gasteiger partial charge on any atom is -0.481 e. The van der Waals surface area contributed by atoms with Crippen molar-refractivity contribution in [2.45, 2.75) is 44.7 Å². The van der Waals surface area contributed by atoms with E-state index in [9.17, 15) is 4.79 Å². The first-order valence-corrected chi connectivity index (χ1v) is 6.45. The largest absolute Gasteiger partial charge is 0.481 e. The summed E-state index contributed by atoms with van der Waals surface area (Å²) in [6.07, 6.45) is 1.000. The van der Waals surface area contributed by atoms with Crippen LogP contribution in [0.15, 0.2) is 11.1 Å². The van der Waals surface area contributed by atoms with Gasteiger partial charge in [0.1, 0.15) is 0 Å². The first-order valence-electron chi connectivity index (χ1n) is 5.47. The van der Waals surface area contributed by atoms with E-state index < -0.39 is 5.97 Å². The highest BCUT2D eigenvalue weighted by Crippen LogP contribution is 2.23. The lowest BCUT2D eigenvalue weighted by molar-refractivity contribution is -0.133. The lowest BCUT2D eigenvalue weighted by Crippen LogP contribution is -2.04. The molecule has 5 heteroatoms. The van der Waals surface area contributed by atoms with Crippen molar-refractivity contribution < 1.29 is 9.90 Å². The van der Waals surface area contributed by atoms with Crippen molar-refractivity contribution in [3.8, 4) is 0 Å². The Labute approximate surface area is 100 Å². The number of thioether (sulfide) groups is 1. The predicted octanol–water partition coefficient (Wildman–Crippen LogP) is 2.59. The zero-order chi connectivity index (χ0) is 12.1. The molecule has 0 aliphatic heterocycles. The van der Waals surface area contributed by atoms with Crippen molar-refractivity contribution in [2.24, 2.45) is 0 Å². The van der Waals surface area contributed by atoms with Gasteiger partial charge in [-0.1, -0.05) is 32.5 Å². The van der Waals surface area contributed by atoms with Gasteiger partial charge in [-0.3, -0.25) is 9.48 Å². The second kappa shape index (κ2) is 5.94. The lowest BCUT2D eigenvalue weighted by atomic mass is 10.1. The van der Waals surface area contributed by atoms with Crippen LogP contribution in [0.2, 0.25) is 0 Å². The van der Waals surface area contributed by atoms with Crippen LogP contribution in [0.3, 0.4) is 0 Å². The summed E-state index contributed by atoms with van der Waals surface area (Å²) in [7, 11) is 0. The van der Waals surface area contributed by atoms with Crippen molar-refractivity contribution >= 4 is 17.7 Å². The van der Waals surface area contributed by atoms with E-state index in [1.54, 1.807) is 0 Å². The molecule has 1 heterocycles. The fourth-order valence-corrected chi connectivity index (χ4v) is 2.08. The van der Waals surface area contributed by atoms with Crippen LogP contribution in [0.25, 0.3) is 0 Å². The van der Waals surface area contributed by atoms with E-state index in [1.165, 1.54) is 11.8 Å². The number of hydrogen-bond donors (Lipinski definition) is 1. The molecule has 16 heavy (non-hydrogen) atoms. The normalized spacial score (nSPS) is 11.0. The highest BCUT2D eigenvalue weighted by Gasteiger charge is 2.11. The van der Waals surface area contributed by atoms with Gasteiger partial charge in [-0.05, 0) is 18.4 Å². The van der Waals surface area contributed by atoms with Gasteiger partial charge in [0.25, 0.3) is 0 Å². The Morgan fingerprint density at radius 1 is 1.62 bits per heavy atom. The number of aromatic nitrogens is 2. The first kappa shape index (κ1) is 13.1. The quantitative estimate of drug-likeness (QED) is 0.779. The van der Waals surface area contributed by atoms with Gasteiger partial charge in [0.15, 0.2) is 0 Å². The standard InChI is InChI=1S/C11H18N2O2S/c1-4-5-13-10(16-7-11(14)15)6-9(12-13)8(2)3/h6,8H,4-5,7H2,1-3H3,(H,14,15). The Hall–Kier alpha value is -0.970. The molecule has 1 aromatic heterocycles. The van der Waals surface area contributed by atoms with Crippen molar-refractivity contribution in [1.82, 2.24) is 9.78 Å². The summed E-state index contributed by atoms with van der Waals surface area (Å²) >= 11 is 1.33. The number of hydrogen-bond acceptors (Lipinski definition) is 3. The molecule has 0 fully saturated rings. The van der Waals surface area contributed by atoms with Gasteiger partial charge < -0.3 is 5.11 Å². The van der Waals surface area contributed by atoms with Crippen LogP contribution in [0.5, 0.6) is 0 Å². The molecule has 0 spiro atoms. The lowest BCUT2D eigenvalue weighted by Gasteiger charge is -2.03. The van der Waals surface area contributed by atoms with E-state index in [4.69, 9.17) is 5.11 Å². The summed E-state index contributed by atoms with van der Waals surface area (Å²) < 4.78 is 1.91. The highest BCUT2D eigenvalue weighted by atomic mass is 32.2. The fraction of sp³-hybridized carbons (Fsp3) is 0.636. The number of aliphatic carboxylic acids is 1. The Morgan fingerprint density at radius 2 is 2.31 bits per heavy atom. The van der Waals surface area contributed by atoms with Gasteiger partial charge in [-0.25, -0.2) is 0 Å². The van der Waals surface area contributed by atoms with Crippen molar-refractivity contribution in [2.75, 3.05) is 5.75 Å². The molecule has 0 aromatic carbocycles. The number of carbonyl (C=O) groups is 1. The third-order valence-corrected chi connectivity index (χ3v) is 3.15. The molecule has 1 N–H and O–H groups in total. The third-order valence-electron chi connectivity index (χ3n) is 2.13. The third kappa shape index (κ3) is 3.56. The number of carboxylic acid groups (broad SMARTS) is 1. The second-order valence-corrected chi connectivity index (χ2v) is 4.96. The van der Waals surface area contributed by atoms with E-state index in [0.717, 1.165) is 23.7 Å². The van der Waals surface area contributed by atoms with E-state index in [2.05, 4.69) is 25.9 Å². The topological polar surface area (TPSA) is 55.1 Å². The highest BCUT2D eigenvalue weighted by molar-refractivity contribution is 7.99. The molecule has 0 saturated carbocycles. The van der Waals surface area contributed by atoms with Gasteiger partial charge in [-0.15, -0.1) is 0 Å². The maximum atomic E-state index is 10.5. The minimum absolute atomic E-state index is 0.0902. The Kier molecular flexibility index (Phi) is 4.86. The van der Waals surface area contributed by atoms with Gasteiger partial charge in [0.2, 0.25) is 0 Å². The van der Waals surface area contributed by atoms with Crippen LogP contribution >= 0.6 is 11.8 Å². The summed E-state index contributed by atoms with van der Waals surface area (Å²) in [4.78, 5) is 10.5. The fourth-order valence-electron chi connectivity index (χ4n) is 1.32. The molecule has 90 valence electrons. The molecule has 0 atom stereocenters. The molecule has 1 aromatic rings. The minimum atomic E-state index is -0.791. The Bertz CT molecular complexity index is 361. The SMILES string of the molecule is CCCn1nc(C(C)C)cc1SCC(=O)O. The van der Waals surface area contributed by atoms with E-state index in [-0.39, 0.29) is 5.75 Å². The predicted molar refractivity (Wildman–Crippen MR) is 65.0 cm³/mol. The number of nitrogens with zero attached hydrogens (tertiary/aromatic N) is 2. The molecule has 4 nitrogen and oxygen atoms in total. The van der Waals surface area contributed by atoms with Crippen LogP contribution in [0.4, 0.5) is 0 Å².